The maximum Gasteiger partial charge on any atom is 0.334 e. The van der Waals surface area contributed by atoms with Crippen molar-refractivity contribution in [2.24, 2.45) is 11.5 Å². The minimum atomic E-state index is -2.18. The average Bonchev–Trinajstić information content (AvgIpc) is 2.60. The molecule has 0 saturated heterocycles. The Labute approximate surface area is 149 Å². The molecule has 12 nitrogen and oxygen atoms in total. The predicted molar refractivity (Wildman–Crippen MR) is 83.1 cm³/mol. The number of primary amides is 2. The summed E-state index contributed by atoms with van der Waals surface area (Å²) in [5.41, 5.74) is 10.1. The molecule has 0 aromatic carbocycles. The Morgan fingerprint density at radius 3 is 1.58 bits per heavy atom. The van der Waals surface area contributed by atoms with E-state index in [0.717, 1.165) is 14.2 Å². The van der Waals surface area contributed by atoms with Gasteiger partial charge in [0.25, 0.3) is 0 Å². The summed E-state index contributed by atoms with van der Waals surface area (Å²) in [6.07, 6.45) is -10.6. The molecule has 0 bridgehead atoms. The van der Waals surface area contributed by atoms with Crippen LogP contribution in [-0.2, 0) is 38.1 Å². The minimum Gasteiger partial charge on any atom is -0.467 e. The van der Waals surface area contributed by atoms with E-state index in [9.17, 15) is 29.4 Å². The molecular formula is C14H24N2O10. The molecule has 0 rings (SSSR count). The van der Waals surface area contributed by atoms with Crippen LogP contribution < -0.4 is 11.5 Å². The molecule has 0 heterocycles. The fourth-order valence-corrected chi connectivity index (χ4v) is 1.88. The van der Waals surface area contributed by atoms with Crippen LogP contribution in [0, 0.1) is 0 Å². The Kier molecular flexibility index (Phi) is 9.72. The number of hydrogen-bond donors (Lipinski definition) is 4. The summed E-state index contributed by atoms with van der Waals surface area (Å²) in [6, 6.07) is 0. The summed E-state index contributed by atoms with van der Waals surface area (Å²) in [5, 5.41) is 19.8. The third kappa shape index (κ3) is 6.55. The highest BCUT2D eigenvalue weighted by molar-refractivity contribution is 5.82. The number of carbonyl (C=O) groups excluding carboxylic acids is 4. The molecule has 0 aromatic rings. The zero-order valence-electron chi connectivity index (χ0n) is 14.8. The van der Waals surface area contributed by atoms with E-state index in [2.05, 4.69) is 9.47 Å². The van der Waals surface area contributed by atoms with Crippen LogP contribution in [0.25, 0.3) is 0 Å². The van der Waals surface area contributed by atoms with Gasteiger partial charge in [0.2, 0.25) is 11.8 Å². The maximum atomic E-state index is 11.7. The van der Waals surface area contributed by atoms with Crippen LogP contribution in [0.4, 0.5) is 0 Å². The van der Waals surface area contributed by atoms with Gasteiger partial charge in [0, 0.05) is 0 Å². The Balaban J connectivity index is 5.72. The van der Waals surface area contributed by atoms with Crippen molar-refractivity contribution in [2.45, 2.75) is 50.5 Å². The zero-order valence-corrected chi connectivity index (χ0v) is 14.8. The number of ether oxygens (including phenoxy) is 4. The van der Waals surface area contributed by atoms with Crippen molar-refractivity contribution < 1.29 is 48.3 Å². The van der Waals surface area contributed by atoms with Gasteiger partial charge in [-0.15, -0.1) is 0 Å². The smallest absolute Gasteiger partial charge is 0.334 e. The Morgan fingerprint density at radius 2 is 1.23 bits per heavy atom. The summed E-state index contributed by atoms with van der Waals surface area (Å²) in [6.45, 7) is 2.43. The Bertz CT molecular complexity index is 526. The number of aliphatic hydroxyl groups excluding tert-OH is 2. The summed E-state index contributed by atoms with van der Waals surface area (Å²) in [5.74, 6) is -4.31. The monoisotopic (exact) mass is 380 g/mol. The maximum absolute atomic E-state index is 11.7. The van der Waals surface area contributed by atoms with Crippen molar-refractivity contribution >= 4 is 23.8 Å². The van der Waals surface area contributed by atoms with E-state index in [1.54, 1.807) is 0 Å². The normalized spacial score (nSPS) is 17.9. The topological polar surface area (TPSA) is 198 Å². The molecule has 0 aromatic heterocycles. The van der Waals surface area contributed by atoms with E-state index in [1.165, 1.54) is 13.8 Å². The van der Waals surface area contributed by atoms with Gasteiger partial charge in [-0.2, -0.15) is 0 Å². The van der Waals surface area contributed by atoms with Crippen molar-refractivity contribution in [3.05, 3.63) is 0 Å². The van der Waals surface area contributed by atoms with Gasteiger partial charge >= 0.3 is 11.9 Å². The van der Waals surface area contributed by atoms with Crippen molar-refractivity contribution in [1.82, 2.24) is 0 Å². The van der Waals surface area contributed by atoms with Gasteiger partial charge in [-0.05, 0) is 13.8 Å². The molecule has 12 heteroatoms. The van der Waals surface area contributed by atoms with Gasteiger partial charge in [0.1, 0.15) is 12.2 Å². The molecule has 0 unspecified atom stereocenters. The van der Waals surface area contributed by atoms with Gasteiger partial charge in [0.15, 0.2) is 24.4 Å². The van der Waals surface area contributed by atoms with E-state index in [-0.39, 0.29) is 0 Å². The lowest BCUT2D eigenvalue weighted by molar-refractivity contribution is -0.197. The first-order valence-corrected chi connectivity index (χ1v) is 7.39. The lowest BCUT2D eigenvalue weighted by Gasteiger charge is -2.32. The Morgan fingerprint density at radius 1 is 0.808 bits per heavy atom. The SMILES string of the molecule is COC(=O)[C@H](C)O[C@@H]([C@H](O)[C@H](O)C(N)=O)[C@@H](O[C@@H](C)C(=O)OC)C(N)=O. The second-order valence-corrected chi connectivity index (χ2v) is 5.23. The standard InChI is InChI=1S/C14H24N2O10/c1-5(13(21)23-3)25-9(7(17)8(18)11(15)19)10(12(16)20)26-6(2)14(22)24-4/h5-10,17-18H,1-4H3,(H2,15,19)(H2,16,20)/t5-,6-,7+,8-,9-,10+/m0/s1. The van der Waals surface area contributed by atoms with Gasteiger partial charge in [-0.3, -0.25) is 9.59 Å². The first-order valence-electron chi connectivity index (χ1n) is 7.39. The van der Waals surface area contributed by atoms with E-state index in [4.69, 9.17) is 20.9 Å². The van der Waals surface area contributed by atoms with Crippen LogP contribution in [0.3, 0.4) is 0 Å². The van der Waals surface area contributed by atoms with Crippen LogP contribution >= 0.6 is 0 Å². The molecule has 0 aliphatic rings. The third-order valence-corrected chi connectivity index (χ3v) is 3.31. The number of methoxy groups -OCH3 is 2. The second kappa shape index (κ2) is 10.7. The van der Waals surface area contributed by atoms with E-state index in [1.807, 2.05) is 0 Å². The molecule has 6 atom stereocenters. The molecular weight excluding hydrogens is 356 g/mol. The number of hydrogen-bond acceptors (Lipinski definition) is 10. The molecule has 0 saturated carbocycles. The quantitative estimate of drug-likeness (QED) is 0.262. The molecule has 150 valence electrons. The first-order chi connectivity index (χ1) is 12.0. The number of carbonyl (C=O) groups is 4. The third-order valence-electron chi connectivity index (χ3n) is 3.31. The number of nitrogens with two attached hydrogens (primary N) is 2. The fraction of sp³-hybridized carbons (Fsp3) is 0.714. The molecule has 0 radical (unpaired) electrons. The van der Waals surface area contributed by atoms with Crippen LogP contribution in [0.5, 0.6) is 0 Å². The fourth-order valence-electron chi connectivity index (χ4n) is 1.88. The highest BCUT2D eigenvalue weighted by Crippen LogP contribution is 2.17. The van der Waals surface area contributed by atoms with Crippen LogP contribution in [-0.4, -0.2) is 84.8 Å². The molecule has 0 aliphatic carbocycles. The highest BCUT2D eigenvalue weighted by Gasteiger charge is 2.43. The van der Waals surface area contributed by atoms with Crippen molar-refractivity contribution in [2.75, 3.05) is 14.2 Å². The van der Waals surface area contributed by atoms with Gasteiger partial charge in [-0.1, -0.05) is 0 Å². The summed E-state index contributed by atoms with van der Waals surface area (Å²) >= 11 is 0. The summed E-state index contributed by atoms with van der Waals surface area (Å²) in [7, 11) is 2.13. The molecule has 2 amide bonds. The average molecular weight is 380 g/mol. The van der Waals surface area contributed by atoms with E-state index < -0.39 is 60.4 Å². The number of esters is 2. The molecule has 0 aliphatic heterocycles. The molecule has 6 N–H and O–H groups in total. The van der Waals surface area contributed by atoms with Crippen molar-refractivity contribution in [3.63, 3.8) is 0 Å². The van der Waals surface area contributed by atoms with Crippen molar-refractivity contribution in [3.8, 4) is 0 Å². The van der Waals surface area contributed by atoms with Gasteiger partial charge in [0.05, 0.1) is 14.2 Å². The zero-order chi connectivity index (χ0) is 20.6. The first kappa shape index (κ1) is 23.7. The minimum absolute atomic E-state index is 0.874. The van der Waals surface area contributed by atoms with Gasteiger partial charge < -0.3 is 40.6 Å². The second-order valence-electron chi connectivity index (χ2n) is 5.23. The summed E-state index contributed by atoms with van der Waals surface area (Å²) < 4.78 is 19.2. The largest absolute Gasteiger partial charge is 0.467 e. The van der Waals surface area contributed by atoms with Crippen LogP contribution in [0.1, 0.15) is 13.8 Å². The number of aliphatic hydroxyl groups is 2. The lowest BCUT2D eigenvalue weighted by atomic mass is 10.0. The lowest BCUT2D eigenvalue weighted by Crippen LogP contribution is -2.57. The van der Waals surface area contributed by atoms with Gasteiger partial charge in [-0.25, -0.2) is 9.59 Å². The number of amides is 2. The van der Waals surface area contributed by atoms with Crippen LogP contribution in [0.2, 0.25) is 0 Å². The number of rotatable bonds is 11. The Hall–Kier alpha value is -2.28. The predicted octanol–water partition coefficient (Wildman–Crippen LogP) is -3.43. The molecule has 26 heavy (non-hydrogen) atoms. The van der Waals surface area contributed by atoms with E-state index in [0.29, 0.717) is 0 Å². The summed E-state index contributed by atoms with van der Waals surface area (Å²) in [4.78, 5) is 45.9. The highest BCUT2D eigenvalue weighted by atomic mass is 16.6. The van der Waals surface area contributed by atoms with E-state index >= 15 is 0 Å². The molecule has 0 spiro atoms. The van der Waals surface area contributed by atoms with Crippen molar-refractivity contribution in [1.29, 1.82) is 0 Å². The molecule has 0 fully saturated rings. The van der Waals surface area contributed by atoms with Crippen LogP contribution in [0.15, 0.2) is 0 Å².